The first kappa shape index (κ1) is 74.1. The number of aromatic nitrogens is 4. The maximum Gasteiger partial charge on any atom is 0.355 e. The molecule has 10 aliphatic rings. The van der Waals surface area contributed by atoms with Crippen LogP contribution in [0.5, 0.6) is 11.5 Å². The summed E-state index contributed by atoms with van der Waals surface area (Å²) in [5.41, 5.74) is 3.76. The minimum atomic E-state index is -4.21. The van der Waals surface area contributed by atoms with Crippen LogP contribution in [0.1, 0.15) is 205 Å². The van der Waals surface area contributed by atoms with E-state index in [1.807, 2.05) is 77.2 Å². The molecule has 0 radical (unpaired) electrons. The predicted molar refractivity (Wildman–Crippen MR) is 380 cm³/mol. The van der Waals surface area contributed by atoms with Gasteiger partial charge in [0.1, 0.15) is 24.7 Å². The Hall–Kier alpha value is -4.74. The highest BCUT2D eigenvalue weighted by Crippen LogP contribution is 2.72. The summed E-state index contributed by atoms with van der Waals surface area (Å²) in [6.45, 7) is 12.6. The highest BCUT2D eigenvalue weighted by molar-refractivity contribution is 7.52. The van der Waals surface area contributed by atoms with E-state index in [9.17, 15) is 38.9 Å². The van der Waals surface area contributed by atoms with Gasteiger partial charge in [-0.15, -0.1) is 4.67 Å². The van der Waals surface area contributed by atoms with E-state index < -0.39 is 93.2 Å². The number of carbonyl (C=O) groups excluding carboxylic acids is 2. The number of benzene rings is 2. The van der Waals surface area contributed by atoms with Crippen molar-refractivity contribution in [3.63, 3.8) is 0 Å². The Labute approximate surface area is 599 Å². The zero-order chi connectivity index (χ0) is 71.8. The third-order valence-corrected chi connectivity index (χ3v) is 28.8. The molecule has 102 heavy (non-hydrogen) atoms. The van der Waals surface area contributed by atoms with E-state index in [0.717, 1.165) is 130 Å². The summed E-state index contributed by atoms with van der Waals surface area (Å²) in [6.07, 6.45) is 22.2. The van der Waals surface area contributed by atoms with E-state index in [1.165, 1.54) is 11.1 Å². The Morgan fingerprint density at radius 3 is 1.70 bits per heavy atom. The fraction of sp³-hybridized carbons (Fsp3) is 0.692. The van der Waals surface area contributed by atoms with Crippen molar-refractivity contribution < 1.29 is 86.7 Å². The van der Waals surface area contributed by atoms with Gasteiger partial charge in [-0.2, -0.15) is 10.2 Å². The molecule has 2 aliphatic heterocycles. The van der Waals surface area contributed by atoms with Crippen molar-refractivity contribution in [1.29, 1.82) is 0 Å². The van der Waals surface area contributed by atoms with Gasteiger partial charge in [0, 0.05) is 23.1 Å². The number of allylic oxidation sites excluding steroid dienone is 2. The predicted octanol–water partition coefficient (Wildman–Crippen LogP) is 12.9. The van der Waals surface area contributed by atoms with Gasteiger partial charge < -0.3 is 58.4 Å². The van der Waals surface area contributed by atoms with Gasteiger partial charge in [-0.25, -0.2) is 14.3 Å². The summed E-state index contributed by atoms with van der Waals surface area (Å²) in [7, 11) is -8.24. The van der Waals surface area contributed by atoms with Crippen molar-refractivity contribution in [2.75, 3.05) is 38.8 Å². The summed E-state index contributed by atoms with van der Waals surface area (Å²) in [4.78, 5) is 63.5. The molecule has 0 bridgehead atoms. The first-order chi connectivity index (χ1) is 48.8. The van der Waals surface area contributed by atoms with Crippen molar-refractivity contribution in [2.24, 2.45) is 57.2 Å². The van der Waals surface area contributed by atoms with Gasteiger partial charge in [0.05, 0.1) is 78.9 Å². The number of carbonyl (C=O) groups is 2. The van der Waals surface area contributed by atoms with Crippen LogP contribution >= 0.6 is 15.2 Å². The van der Waals surface area contributed by atoms with E-state index in [-0.39, 0.29) is 64.4 Å². The molecular formula is C78H108N4O18P2. The number of nitrogens with zero attached hydrogens (tertiary/aromatic N) is 4. The van der Waals surface area contributed by atoms with Gasteiger partial charge in [-0.05, 0) is 215 Å². The number of fused-ring (bicyclic) bond motifs is 16. The van der Waals surface area contributed by atoms with Crippen molar-refractivity contribution in [1.82, 2.24) is 19.6 Å². The molecule has 558 valence electrons. The molecule has 19 atom stereocenters. The number of hydrogen-bond donors (Lipinski definition) is 6. The highest BCUT2D eigenvalue weighted by atomic mass is 31.2. The van der Waals surface area contributed by atoms with Crippen LogP contribution in [0.15, 0.2) is 72.1 Å². The Bertz CT molecular complexity index is 3890. The third-order valence-electron chi connectivity index (χ3n) is 26.7. The molecular weight excluding hydrogens is 1340 g/mol. The number of hydrogen-bond acceptors (Lipinski definition) is 17. The quantitative estimate of drug-likeness (QED) is 0.0118. The molecule has 2 saturated heterocycles. The normalized spacial score (nSPS) is 36.0. The van der Waals surface area contributed by atoms with Crippen LogP contribution in [0, 0.1) is 57.2 Å². The first-order valence-corrected chi connectivity index (χ1v) is 41.8. The van der Waals surface area contributed by atoms with Crippen LogP contribution in [0.3, 0.4) is 0 Å². The van der Waals surface area contributed by atoms with Gasteiger partial charge in [0.25, 0.3) is 0 Å². The zero-order valence-electron chi connectivity index (χ0n) is 60.3. The zero-order valence-corrected chi connectivity index (χ0v) is 62.1. The molecule has 14 rings (SSSR count). The van der Waals surface area contributed by atoms with Crippen molar-refractivity contribution in [3.8, 4) is 22.9 Å². The number of ketones is 2. The molecule has 6 saturated carbocycles. The molecule has 3 unspecified atom stereocenters. The Kier molecular flexibility index (Phi) is 21.1. The number of aliphatic hydroxyl groups is 3. The molecule has 0 amide bonds. The van der Waals surface area contributed by atoms with Crippen LogP contribution in [-0.4, -0.2) is 148 Å². The average Bonchev–Trinajstić information content (AvgIpc) is 1.50. The van der Waals surface area contributed by atoms with E-state index in [1.54, 1.807) is 0 Å². The fourth-order valence-corrected chi connectivity index (χ4v) is 23.7. The summed E-state index contributed by atoms with van der Waals surface area (Å²) in [6, 6.07) is 15.7. The lowest BCUT2D eigenvalue weighted by molar-refractivity contribution is -0.231. The van der Waals surface area contributed by atoms with Crippen LogP contribution in [0.25, 0.3) is 23.5 Å². The Morgan fingerprint density at radius 2 is 1.14 bits per heavy atom. The number of aliphatic hydroxyl groups excluding tert-OH is 3. The van der Waals surface area contributed by atoms with Crippen LogP contribution in [0.4, 0.5) is 0 Å². The minimum absolute atomic E-state index is 0.0187. The second-order valence-corrected chi connectivity index (χ2v) is 36.3. The lowest BCUT2D eigenvalue weighted by Gasteiger charge is -2.60. The summed E-state index contributed by atoms with van der Waals surface area (Å²) < 4.78 is 72.6. The Morgan fingerprint density at radius 1 is 0.618 bits per heavy atom. The number of rotatable bonds is 31. The van der Waals surface area contributed by atoms with Gasteiger partial charge in [0.15, 0.2) is 35.3 Å². The van der Waals surface area contributed by atoms with Crippen molar-refractivity contribution >= 4 is 38.9 Å². The SMILES string of the molecule is CCCCC1O[C@@H]2C[C@H]3[C@@H]4CCC5=Cc6c(cnn6-c6cccc(OCCCCCCCCCP(=O)(O)OOCC(=O)[C@@]78OC(CCC)O[C@@H]7C[C@H]7[C@@H]9CCC%10=Cc%11c(cnn%11-c%11ccc(OCCCCP(=O)(O)O)cc%11)C[C@]%10(C)[C@H]9[C@@H](O)C[C@@]78C)c6)C[C@]5(C)[C@H]4[C@@H](O)C[C@]3(C)[C@]2(C(=O)CO)O1. The molecule has 4 aromatic rings. The summed E-state index contributed by atoms with van der Waals surface area (Å²) >= 11 is 0. The van der Waals surface area contributed by atoms with Gasteiger partial charge in [-0.1, -0.05) is 104 Å². The van der Waals surface area contributed by atoms with E-state index in [0.29, 0.717) is 83.2 Å². The first-order valence-electron chi connectivity index (χ1n) is 38.2. The van der Waals surface area contributed by atoms with E-state index in [2.05, 4.69) is 46.8 Å². The number of Topliss-reactive ketones (excluding diaryl/α,β-unsaturated/α-hetero) is 2. The van der Waals surface area contributed by atoms with Crippen LogP contribution in [-0.2, 0) is 60.1 Å². The smallest absolute Gasteiger partial charge is 0.355 e. The third kappa shape index (κ3) is 13.1. The van der Waals surface area contributed by atoms with E-state index >= 15 is 0 Å². The van der Waals surface area contributed by atoms with Gasteiger partial charge in [0.2, 0.25) is 0 Å². The van der Waals surface area contributed by atoms with Crippen LogP contribution < -0.4 is 9.47 Å². The van der Waals surface area contributed by atoms with Gasteiger partial charge >= 0.3 is 15.2 Å². The molecule has 22 nitrogen and oxygen atoms in total. The standard InChI is InChI=1S/C78H108N4O18P2/c1-7-9-23-70-97-67-39-59-57-30-25-52-37-62-50(42-74(52,4)71(57)63(84)43-75(59,5)77(67,99-70)65(86)47-83)46-80-82(62)54-21-19-22-56(38-54)94-32-15-13-11-10-12-14-17-35-102(91,92)100-95-48-66(87)78-68(96-69(98-78)20-8-2)40-60-58-31-24-51-36-61-49(41-73(51,3)72(58)64(85)44-76(60,78)6)45-79-81(61)53-26-28-55(29-27-53)93-33-16-18-34-101(88,89)90/h19,21-22,26-29,36-38,45-46,57-60,63-64,67-72,83-85H,7-18,20,23-25,30-35,39-44,47-48H2,1-6H3,(H,91,92)(H2,88,89,90)/t57-,58-,59-,60-,63-,64-,67+,68+,69?,70?,71+,72+,73-,74-,75-,76-,77+,78+/m0/s1. The summed E-state index contributed by atoms with van der Waals surface area (Å²) in [5.74, 6) is 0.864. The Balaban J connectivity index is 0.520. The molecule has 2 aromatic heterocycles. The molecule has 6 N–H and O–H groups in total. The largest absolute Gasteiger partial charge is 0.494 e. The molecule has 8 aliphatic carbocycles. The molecule has 2 aromatic carbocycles. The minimum Gasteiger partial charge on any atom is -0.494 e. The average molecular weight is 1450 g/mol. The number of ether oxygens (including phenoxy) is 6. The fourth-order valence-electron chi connectivity index (χ4n) is 22.2. The topological polar surface area (TPSA) is 299 Å². The van der Waals surface area contributed by atoms with Crippen molar-refractivity contribution in [2.45, 2.75) is 244 Å². The molecule has 8 fully saturated rings. The van der Waals surface area contributed by atoms with Gasteiger partial charge in [-0.3, -0.25) is 18.7 Å². The lowest BCUT2D eigenvalue weighted by atomic mass is 9.45. The lowest BCUT2D eigenvalue weighted by Crippen LogP contribution is -2.64. The summed E-state index contributed by atoms with van der Waals surface area (Å²) in [5, 5.41) is 45.1. The number of unbranched alkanes of at least 4 members (excludes halogenated alkanes) is 8. The maximum absolute atomic E-state index is 14.9. The second-order valence-electron chi connectivity index (χ2n) is 32.7. The maximum atomic E-state index is 14.9. The highest BCUT2D eigenvalue weighted by Gasteiger charge is 2.78. The molecule has 0 spiro atoms. The molecule has 4 heterocycles. The second kappa shape index (κ2) is 29.1. The van der Waals surface area contributed by atoms with Crippen LogP contribution in [0.2, 0.25) is 0 Å². The van der Waals surface area contributed by atoms with E-state index in [4.69, 9.17) is 58.0 Å². The molecule has 24 heteroatoms. The monoisotopic (exact) mass is 1450 g/mol. The van der Waals surface area contributed by atoms with Crippen molar-refractivity contribution in [3.05, 3.63) is 94.6 Å².